The first-order valence-electron chi connectivity index (χ1n) is 6.78. The average Bonchev–Trinajstić information content (AvgIpc) is 2.42. The van der Waals surface area contributed by atoms with Crippen LogP contribution in [-0.2, 0) is 11.2 Å². The summed E-state index contributed by atoms with van der Waals surface area (Å²) in [6.45, 7) is 3.52. The Kier molecular flexibility index (Phi) is 5.98. The highest BCUT2D eigenvalue weighted by atomic mass is 16.3. The van der Waals surface area contributed by atoms with E-state index in [-0.39, 0.29) is 6.61 Å². The maximum atomic E-state index is 11.7. The standard InChI is InChI=1S/C15H24N2O3/c1-15(2,10-18)13(19)14(20)17-8-4-6-11-5-3-7-12(16)9-11/h3,5,7,9,13,18-19H,4,6,8,10,16H2,1-2H3,(H,17,20)/t13-/m0/s1. The Bertz CT molecular complexity index is 446. The summed E-state index contributed by atoms with van der Waals surface area (Å²) in [7, 11) is 0. The Hall–Kier alpha value is -1.59. The molecule has 0 unspecified atom stereocenters. The van der Waals surface area contributed by atoms with E-state index in [4.69, 9.17) is 10.8 Å². The highest BCUT2D eigenvalue weighted by molar-refractivity contribution is 5.81. The molecule has 5 heteroatoms. The van der Waals surface area contributed by atoms with Gasteiger partial charge in [-0.3, -0.25) is 4.79 Å². The van der Waals surface area contributed by atoms with Crippen molar-refractivity contribution in [3.63, 3.8) is 0 Å². The highest BCUT2D eigenvalue weighted by Gasteiger charge is 2.32. The van der Waals surface area contributed by atoms with Crippen LogP contribution in [0.2, 0.25) is 0 Å². The lowest BCUT2D eigenvalue weighted by atomic mass is 9.87. The van der Waals surface area contributed by atoms with Crippen LogP contribution in [-0.4, -0.2) is 35.4 Å². The number of nitrogens with one attached hydrogen (secondary N) is 1. The van der Waals surface area contributed by atoms with Gasteiger partial charge in [0, 0.05) is 17.6 Å². The number of rotatable bonds is 7. The fourth-order valence-electron chi connectivity index (χ4n) is 1.79. The summed E-state index contributed by atoms with van der Waals surface area (Å²) >= 11 is 0. The lowest BCUT2D eigenvalue weighted by Gasteiger charge is -2.27. The van der Waals surface area contributed by atoms with Gasteiger partial charge in [0.15, 0.2) is 0 Å². The molecule has 112 valence electrons. The second-order valence-corrected chi connectivity index (χ2v) is 5.69. The van der Waals surface area contributed by atoms with Gasteiger partial charge in [-0.05, 0) is 30.5 Å². The van der Waals surface area contributed by atoms with Crippen LogP contribution >= 0.6 is 0 Å². The minimum Gasteiger partial charge on any atom is -0.399 e. The molecule has 0 saturated carbocycles. The maximum Gasteiger partial charge on any atom is 0.249 e. The van der Waals surface area contributed by atoms with Crippen LogP contribution in [0.1, 0.15) is 25.8 Å². The topological polar surface area (TPSA) is 95.6 Å². The van der Waals surface area contributed by atoms with Crippen LogP contribution in [0.4, 0.5) is 5.69 Å². The summed E-state index contributed by atoms with van der Waals surface area (Å²) in [6.07, 6.45) is 0.367. The van der Waals surface area contributed by atoms with E-state index in [1.807, 2.05) is 24.3 Å². The second-order valence-electron chi connectivity index (χ2n) is 5.69. The summed E-state index contributed by atoms with van der Waals surface area (Å²) in [5.41, 5.74) is 6.70. The van der Waals surface area contributed by atoms with E-state index in [1.165, 1.54) is 0 Å². The second kappa shape index (κ2) is 7.26. The fraction of sp³-hybridized carbons (Fsp3) is 0.533. The minimum atomic E-state index is -1.21. The molecule has 1 rings (SSSR count). The van der Waals surface area contributed by atoms with Gasteiger partial charge in [0.1, 0.15) is 6.10 Å². The van der Waals surface area contributed by atoms with E-state index >= 15 is 0 Å². The van der Waals surface area contributed by atoms with Gasteiger partial charge >= 0.3 is 0 Å². The first-order valence-corrected chi connectivity index (χ1v) is 6.78. The summed E-state index contributed by atoms with van der Waals surface area (Å²) in [5, 5.41) is 21.6. The van der Waals surface area contributed by atoms with Crippen LogP contribution in [0.25, 0.3) is 0 Å². The number of nitrogens with two attached hydrogens (primary N) is 1. The van der Waals surface area contributed by atoms with Crippen molar-refractivity contribution in [2.24, 2.45) is 5.41 Å². The predicted molar refractivity (Wildman–Crippen MR) is 79.1 cm³/mol. The Morgan fingerprint density at radius 2 is 2.15 bits per heavy atom. The van der Waals surface area contributed by atoms with Gasteiger partial charge in [-0.15, -0.1) is 0 Å². The first-order chi connectivity index (χ1) is 9.36. The van der Waals surface area contributed by atoms with Crippen LogP contribution in [0, 0.1) is 5.41 Å². The van der Waals surface area contributed by atoms with Crippen LogP contribution in [0.5, 0.6) is 0 Å². The van der Waals surface area contributed by atoms with Gasteiger partial charge in [0.2, 0.25) is 5.91 Å². The summed E-state index contributed by atoms with van der Waals surface area (Å²) in [4.78, 5) is 11.7. The quantitative estimate of drug-likeness (QED) is 0.436. The van der Waals surface area contributed by atoms with Crippen molar-refractivity contribution in [1.82, 2.24) is 5.32 Å². The molecule has 0 saturated heterocycles. The number of aliphatic hydroxyl groups is 2. The molecular formula is C15H24N2O3. The monoisotopic (exact) mass is 280 g/mol. The van der Waals surface area contributed by atoms with Crippen LogP contribution in [0.3, 0.4) is 0 Å². The lowest BCUT2D eigenvalue weighted by molar-refractivity contribution is -0.137. The van der Waals surface area contributed by atoms with Crippen molar-refractivity contribution >= 4 is 11.6 Å². The molecule has 5 nitrogen and oxygen atoms in total. The molecule has 0 bridgehead atoms. The normalized spacial score (nSPS) is 13.0. The third kappa shape index (κ3) is 4.83. The molecule has 1 amide bonds. The number of aryl methyl sites for hydroxylation is 1. The van der Waals surface area contributed by atoms with Crippen molar-refractivity contribution in [2.45, 2.75) is 32.8 Å². The SMILES string of the molecule is CC(C)(CO)[C@@H](O)C(=O)NCCCc1cccc(N)c1. The van der Waals surface area contributed by atoms with Crippen molar-refractivity contribution in [1.29, 1.82) is 0 Å². The van der Waals surface area contributed by atoms with Gasteiger partial charge in [-0.2, -0.15) is 0 Å². The van der Waals surface area contributed by atoms with E-state index in [0.717, 1.165) is 24.1 Å². The Labute approximate surface area is 119 Å². The van der Waals surface area contributed by atoms with E-state index in [0.29, 0.717) is 6.54 Å². The molecule has 0 aliphatic rings. The third-order valence-electron chi connectivity index (χ3n) is 3.29. The fourth-order valence-corrected chi connectivity index (χ4v) is 1.79. The van der Waals surface area contributed by atoms with Gasteiger partial charge in [-0.1, -0.05) is 26.0 Å². The zero-order valence-corrected chi connectivity index (χ0v) is 12.1. The van der Waals surface area contributed by atoms with E-state index in [1.54, 1.807) is 13.8 Å². The number of hydrogen-bond acceptors (Lipinski definition) is 4. The van der Waals surface area contributed by atoms with Gasteiger partial charge in [0.25, 0.3) is 0 Å². The highest BCUT2D eigenvalue weighted by Crippen LogP contribution is 2.19. The summed E-state index contributed by atoms with van der Waals surface area (Å²) in [5.74, 6) is -0.448. The number of nitrogen functional groups attached to an aromatic ring is 1. The van der Waals surface area contributed by atoms with Crippen LogP contribution in [0.15, 0.2) is 24.3 Å². The van der Waals surface area contributed by atoms with Crippen molar-refractivity contribution in [2.75, 3.05) is 18.9 Å². The minimum absolute atomic E-state index is 0.245. The largest absolute Gasteiger partial charge is 0.399 e. The zero-order valence-electron chi connectivity index (χ0n) is 12.1. The third-order valence-corrected chi connectivity index (χ3v) is 3.29. The number of carbonyl (C=O) groups excluding carboxylic acids is 1. The molecule has 0 fully saturated rings. The molecule has 5 N–H and O–H groups in total. The number of amides is 1. The number of aliphatic hydroxyl groups excluding tert-OH is 2. The molecule has 1 atom stereocenters. The lowest BCUT2D eigenvalue weighted by Crippen LogP contribution is -2.45. The molecule has 0 heterocycles. The molecule has 20 heavy (non-hydrogen) atoms. The number of anilines is 1. The molecule has 1 aromatic rings. The molecule has 0 radical (unpaired) electrons. The zero-order chi connectivity index (χ0) is 15.2. The number of benzene rings is 1. The molecular weight excluding hydrogens is 256 g/mol. The first kappa shape index (κ1) is 16.5. The maximum absolute atomic E-state index is 11.7. The van der Waals surface area contributed by atoms with E-state index in [9.17, 15) is 9.90 Å². The summed E-state index contributed by atoms with van der Waals surface area (Å²) in [6, 6.07) is 7.63. The average molecular weight is 280 g/mol. The van der Waals surface area contributed by atoms with Crippen molar-refractivity contribution in [3.8, 4) is 0 Å². The number of carbonyl (C=O) groups is 1. The summed E-state index contributed by atoms with van der Waals surface area (Å²) < 4.78 is 0. The van der Waals surface area contributed by atoms with E-state index < -0.39 is 17.4 Å². The van der Waals surface area contributed by atoms with Gasteiger partial charge in [-0.25, -0.2) is 0 Å². The Morgan fingerprint density at radius 3 is 2.75 bits per heavy atom. The number of hydrogen-bond donors (Lipinski definition) is 4. The van der Waals surface area contributed by atoms with Crippen molar-refractivity contribution in [3.05, 3.63) is 29.8 Å². The molecule has 0 aromatic heterocycles. The molecule has 0 aliphatic heterocycles. The molecule has 0 spiro atoms. The van der Waals surface area contributed by atoms with Crippen LogP contribution < -0.4 is 11.1 Å². The van der Waals surface area contributed by atoms with Gasteiger partial charge in [0.05, 0.1) is 6.61 Å². The van der Waals surface area contributed by atoms with Gasteiger partial charge < -0.3 is 21.3 Å². The molecule has 0 aliphatic carbocycles. The van der Waals surface area contributed by atoms with Crippen molar-refractivity contribution < 1.29 is 15.0 Å². The molecule has 1 aromatic carbocycles. The predicted octanol–water partition coefficient (Wildman–Crippen LogP) is 0.697. The smallest absolute Gasteiger partial charge is 0.249 e. The Morgan fingerprint density at radius 1 is 1.45 bits per heavy atom. The Balaban J connectivity index is 2.32. The van der Waals surface area contributed by atoms with E-state index in [2.05, 4.69) is 5.32 Å².